The van der Waals surface area contributed by atoms with Gasteiger partial charge in [-0.25, -0.2) is 4.39 Å². The maximum atomic E-state index is 13.2. The van der Waals surface area contributed by atoms with E-state index in [-0.39, 0.29) is 18.8 Å². The molecule has 152 valence electrons. The lowest BCUT2D eigenvalue weighted by molar-refractivity contribution is -0.148. The molecule has 0 saturated carbocycles. The lowest BCUT2D eigenvalue weighted by atomic mass is 10.1. The number of rotatable bonds is 8. The Bertz CT molecular complexity index is 948. The molecule has 1 atom stereocenters. The molecule has 1 amide bonds. The van der Waals surface area contributed by atoms with Crippen molar-refractivity contribution in [2.45, 2.75) is 32.7 Å². The van der Waals surface area contributed by atoms with Crippen LogP contribution in [0.5, 0.6) is 0 Å². The van der Waals surface area contributed by atoms with Crippen LogP contribution in [0.4, 0.5) is 4.39 Å². The number of carbonyl (C=O) groups excluding carboxylic acids is 2. The molecule has 0 bridgehead atoms. The van der Waals surface area contributed by atoms with Gasteiger partial charge in [0.2, 0.25) is 0 Å². The van der Waals surface area contributed by atoms with Crippen LogP contribution in [0.1, 0.15) is 39.9 Å². The number of aromatic nitrogens is 1. The number of aryl methyl sites for hydroxylation is 2. The predicted molar refractivity (Wildman–Crippen MR) is 106 cm³/mol. The van der Waals surface area contributed by atoms with Crippen molar-refractivity contribution in [3.8, 4) is 0 Å². The van der Waals surface area contributed by atoms with Gasteiger partial charge in [0.15, 0.2) is 6.61 Å². The third-order valence-electron chi connectivity index (χ3n) is 4.46. The van der Waals surface area contributed by atoms with Gasteiger partial charge in [0, 0.05) is 16.9 Å². The Morgan fingerprint density at radius 2 is 2.00 bits per heavy atom. The average molecular weight is 416 g/mol. The Kier molecular flexibility index (Phi) is 6.77. The minimum Gasteiger partial charge on any atom is -0.456 e. The number of halogens is 1. The number of amides is 1. The Labute approximate surface area is 171 Å². The summed E-state index contributed by atoms with van der Waals surface area (Å²) in [6, 6.07) is 9.24. The molecule has 3 aromatic rings. The number of thiophene rings is 1. The van der Waals surface area contributed by atoms with Crippen LogP contribution in [-0.4, -0.2) is 23.6 Å². The van der Waals surface area contributed by atoms with Crippen molar-refractivity contribution < 1.29 is 23.2 Å². The quantitative estimate of drug-likeness (QED) is 0.564. The molecule has 2 aromatic heterocycles. The molecule has 1 aromatic carbocycles. The van der Waals surface area contributed by atoms with E-state index in [1.807, 2.05) is 24.4 Å². The molecule has 0 spiro atoms. The second kappa shape index (κ2) is 9.47. The van der Waals surface area contributed by atoms with Crippen LogP contribution in [0, 0.1) is 19.7 Å². The van der Waals surface area contributed by atoms with Crippen molar-refractivity contribution in [3.05, 3.63) is 75.1 Å². The van der Waals surface area contributed by atoms with Gasteiger partial charge in [-0.3, -0.25) is 9.59 Å². The summed E-state index contributed by atoms with van der Waals surface area (Å²) in [6.45, 7) is 3.21. The fourth-order valence-corrected chi connectivity index (χ4v) is 3.74. The van der Waals surface area contributed by atoms with Crippen molar-refractivity contribution in [2.24, 2.45) is 0 Å². The number of nitrogens with one attached hydrogen (secondary N) is 1. The molecule has 0 unspecified atom stereocenters. The standard InChI is InChI=1S/C21H21FN2O4S/c1-13-17(14(2)28-24-13)9-10-20(26)27-12-19(25)23-21(18-4-3-11-29-18)15-5-7-16(22)8-6-15/h3-8,11,21H,9-10,12H2,1-2H3,(H,23,25)/t21-/m0/s1. The Hall–Kier alpha value is -3.00. The molecule has 0 aliphatic carbocycles. The van der Waals surface area contributed by atoms with Gasteiger partial charge in [-0.15, -0.1) is 11.3 Å². The minimum atomic E-state index is -0.477. The van der Waals surface area contributed by atoms with Crippen LogP contribution >= 0.6 is 11.3 Å². The molecule has 6 nitrogen and oxygen atoms in total. The zero-order valence-corrected chi connectivity index (χ0v) is 16.9. The highest BCUT2D eigenvalue weighted by Gasteiger charge is 2.19. The number of ether oxygens (including phenoxy) is 1. The molecule has 1 N–H and O–H groups in total. The monoisotopic (exact) mass is 416 g/mol. The normalized spacial score (nSPS) is 11.8. The third kappa shape index (κ3) is 5.51. The zero-order chi connectivity index (χ0) is 20.8. The van der Waals surface area contributed by atoms with Crippen molar-refractivity contribution in [2.75, 3.05) is 6.61 Å². The first-order valence-corrected chi connectivity index (χ1v) is 9.97. The summed E-state index contributed by atoms with van der Waals surface area (Å²) < 4.78 is 23.4. The second-order valence-electron chi connectivity index (χ2n) is 6.53. The molecule has 2 heterocycles. The summed E-state index contributed by atoms with van der Waals surface area (Å²) in [6.07, 6.45) is 0.567. The third-order valence-corrected chi connectivity index (χ3v) is 5.40. The minimum absolute atomic E-state index is 0.127. The molecule has 0 aliphatic rings. The Morgan fingerprint density at radius 1 is 1.24 bits per heavy atom. The summed E-state index contributed by atoms with van der Waals surface area (Å²) in [4.78, 5) is 25.2. The van der Waals surface area contributed by atoms with E-state index in [1.165, 1.54) is 23.5 Å². The van der Waals surface area contributed by atoms with Crippen molar-refractivity contribution in [3.63, 3.8) is 0 Å². The smallest absolute Gasteiger partial charge is 0.306 e. The Balaban J connectivity index is 1.55. The Morgan fingerprint density at radius 3 is 2.62 bits per heavy atom. The number of hydrogen-bond donors (Lipinski definition) is 1. The molecular formula is C21H21FN2O4S. The lowest BCUT2D eigenvalue weighted by Gasteiger charge is -2.18. The number of esters is 1. The van der Waals surface area contributed by atoms with Gasteiger partial charge in [0.1, 0.15) is 11.6 Å². The maximum absolute atomic E-state index is 13.2. The van der Waals surface area contributed by atoms with E-state index in [9.17, 15) is 14.0 Å². The van der Waals surface area contributed by atoms with Crippen molar-refractivity contribution in [1.82, 2.24) is 10.5 Å². The van der Waals surface area contributed by atoms with Gasteiger partial charge in [-0.2, -0.15) is 0 Å². The number of benzene rings is 1. The first-order valence-electron chi connectivity index (χ1n) is 9.09. The van der Waals surface area contributed by atoms with Crippen LogP contribution in [0.15, 0.2) is 46.3 Å². The maximum Gasteiger partial charge on any atom is 0.306 e. The predicted octanol–water partition coefficient (Wildman–Crippen LogP) is 3.87. The van der Waals surface area contributed by atoms with E-state index in [2.05, 4.69) is 10.5 Å². The van der Waals surface area contributed by atoms with E-state index in [4.69, 9.17) is 9.26 Å². The highest BCUT2D eigenvalue weighted by molar-refractivity contribution is 7.10. The average Bonchev–Trinajstić information content (AvgIpc) is 3.34. The van der Waals surface area contributed by atoms with Crippen LogP contribution in [0.25, 0.3) is 0 Å². The van der Waals surface area contributed by atoms with E-state index in [0.29, 0.717) is 12.2 Å². The number of nitrogens with zero attached hydrogens (tertiary/aromatic N) is 1. The first-order chi connectivity index (χ1) is 13.9. The molecule has 8 heteroatoms. The van der Waals surface area contributed by atoms with Gasteiger partial charge in [-0.05, 0) is 49.4 Å². The highest BCUT2D eigenvalue weighted by atomic mass is 32.1. The van der Waals surface area contributed by atoms with Gasteiger partial charge < -0.3 is 14.6 Å². The largest absolute Gasteiger partial charge is 0.456 e. The summed E-state index contributed by atoms with van der Waals surface area (Å²) in [5.41, 5.74) is 2.36. The van der Waals surface area contributed by atoms with Crippen molar-refractivity contribution >= 4 is 23.2 Å². The zero-order valence-electron chi connectivity index (χ0n) is 16.1. The van der Waals surface area contributed by atoms with Gasteiger partial charge in [-0.1, -0.05) is 23.4 Å². The first kappa shape index (κ1) is 20.7. The SMILES string of the molecule is Cc1noc(C)c1CCC(=O)OCC(=O)N[C@@H](c1ccc(F)cc1)c1cccs1. The van der Waals surface area contributed by atoms with Gasteiger partial charge in [0.25, 0.3) is 5.91 Å². The molecule has 0 fully saturated rings. The van der Waals surface area contributed by atoms with E-state index in [0.717, 1.165) is 21.7 Å². The van der Waals surface area contributed by atoms with E-state index >= 15 is 0 Å². The summed E-state index contributed by atoms with van der Waals surface area (Å²) >= 11 is 1.47. The fourth-order valence-electron chi connectivity index (χ4n) is 2.94. The second-order valence-corrected chi connectivity index (χ2v) is 7.51. The van der Waals surface area contributed by atoms with Gasteiger partial charge >= 0.3 is 5.97 Å². The topological polar surface area (TPSA) is 81.4 Å². The highest BCUT2D eigenvalue weighted by Crippen LogP contribution is 2.26. The van der Waals surface area contributed by atoms with Crippen molar-refractivity contribution in [1.29, 1.82) is 0 Å². The summed E-state index contributed by atoms with van der Waals surface area (Å²) in [5, 5.41) is 8.59. The van der Waals surface area contributed by atoms with Crippen LogP contribution in [0.3, 0.4) is 0 Å². The summed E-state index contributed by atoms with van der Waals surface area (Å²) in [5.74, 6) is -0.587. The molecule has 0 saturated heterocycles. The summed E-state index contributed by atoms with van der Waals surface area (Å²) in [7, 11) is 0. The fraction of sp³-hybridized carbons (Fsp3) is 0.286. The molecule has 3 rings (SSSR count). The van der Waals surface area contributed by atoms with Crippen LogP contribution in [0.2, 0.25) is 0 Å². The number of carbonyl (C=O) groups is 2. The van der Waals surface area contributed by atoms with Crippen LogP contribution in [-0.2, 0) is 20.7 Å². The molecule has 0 radical (unpaired) electrons. The molecular weight excluding hydrogens is 395 g/mol. The van der Waals surface area contributed by atoms with Crippen LogP contribution < -0.4 is 5.32 Å². The lowest BCUT2D eigenvalue weighted by Crippen LogP contribution is -2.32. The molecule has 29 heavy (non-hydrogen) atoms. The molecule has 0 aliphatic heterocycles. The van der Waals surface area contributed by atoms with E-state index in [1.54, 1.807) is 19.1 Å². The number of hydrogen-bond acceptors (Lipinski definition) is 6. The van der Waals surface area contributed by atoms with E-state index < -0.39 is 17.9 Å². The van der Waals surface area contributed by atoms with Gasteiger partial charge in [0.05, 0.1) is 11.7 Å².